The normalized spacial score (nSPS) is 14.8. The lowest BCUT2D eigenvalue weighted by molar-refractivity contribution is -0.136. The molecule has 2 rings (SSSR count). The predicted molar refractivity (Wildman–Crippen MR) is 54.8 cm³/mol. The largest absolute Gasteiger partial charge is 0.481 e. The number of aliphatic carboxylic acids is 1. The van der Waals surface area contributed by atoms with E-state index in [1.807, 2.05) is 18.2 Å². The minimum Gasteiger partial charge on any atom is -0.481 e. The molecule has 0 atom stereocenters. The molecule has 3 nitrogen and oxygen atoms in total. The first-order chi connectivity index (χ1) is 7.16. The van der Waals surface area contributed by atoms with E-state index in [9.17, 15) is 9.59 Å². The number of hydrogen-bond donors (Lipinski definition) is 1. The summed E-state index contributed by atoms with van der Waals surface area (Å²) in [5, 5.41) is 8.75. The number of fused-ring (bicyclic) bond motifs is 1. The van der Waals surface area contributed by atoms with E-state index in [-0.39, 0.29) is 12.2 Å². The molecule has 15 heavy (non-hydrogen) atoms. The van der Waals surface area contributed by atoms with Crippen molar-refractivity contribution in [2.24, 2.45) is 0 Å². The van der Waals surface area contributed by atoms with Crippen LogP contribution in [0, 0.1) is 0 Å². The smallest absolute Gasteiger partial charge is 0.307 e. The number of carboxylic acids is 1. The molecular formula is C12H12O3. The summed E-state index contributed by atoms with van der Waals surface area (Å²) in [6.07, 6.45) is 1.75. The van der Waals surface area contributed by atoms with Crippen LogP contribution in [0.4, 0.5) is 0 Å². The Labute approximate surface area is 87.7 Å². The van der Waals surface area contributed by atoms with Crippen molar-refractivity contribution in [3.8, 4) is 0 Å². The van der Waals surface area contributed by atoms with Gasteiger partial charge in [-0.1, -0.05) is 18.2 Å². The van der Waals surface area contributed by atoms with Gasteiger partial charge in [0.1, 0.15) is 5.78 Å². The number of carbonyl (C=O) groups is 2. The van der Waals surface area contributed by atoms with Crippen LogP contribution < -0.4 is 0 Å². The van der Waals surface area contributed by atoms with Crippen molar-refractivity contribution in [1.29, 1.82) is 0 Å². The van der Waals surface area contributed by atoms with Gasteiger partial charge in [0.25, 0.3) is 0 Å². The van der Waals surface area contributed by atoms with Crippen molar-refractivity contribution in [2.45, 2.75) is 25.7 Å². The molecule has 0 spiro atoms. The van der Waals surface area contributed by atoms with Gasteiger partial charge in [-0.05, 0) is 23.1 Å². The zero-order chi connectivity index (χ0) is 10.8. The van der Waals surface area contributed by atoms with Gasteiger partial charge in [0.2, 0.25) is 0 Å². The van der Waals surface area contributed by atoms with Crippen molar-refractivity contribution in [3.05, 3.63) is 34.9 Å². The van der Waals surface area contributed by atoms with E-state index < -0.39 is 5.97 Å². The van der Waals surface area contributed by atoms with Gasteiger partial charge in [-0.15, -0.1) is 0 Å². The van der Waals surface area contributed by atoms with E-state index in [4.69, 9.17) is 5.11 Å². The average molecular weight is 204 g/mol. The summed E-state index contributed by atoms with van der Waals surface area (Å²) in [4.78, 5) is 21.9. The van der Waals surface area contributed by atoms with Gasteiger partial charge in [0.05, 0.1) is 6.42 Å². The van der Waals surface area contributed by atoms with E-state index in [2.05, 4.69) is 0 Å². The van der Waals surface area contributed by atoms with E-state index in [0.29, 0.717) is 19.3 Å². The highest BCUT2D eigenvalue weighted by molar-refractivity contribution is 5.83. The van der Waals surface area contributed by atoms with E-state index in [1.165, 1.54) is 0 Å². The first kappa shape index (κ1) is 9.90. The minimum atomic E-state index is -0.819. The molecule has 0 saturated carbocycles. The Kier molecular flexibility index (Phi) is 2.54. The second kappa shape index (κ2) is 3.85. The molecule has 78 valence electrons. The summed E-state index contributed by atoms with van der Waals surface area (Å²) in [6, 6.07) is 5.58. The van der Waals surface area contributed by atoms with Gasteiger partial charge in [0.15, 0.2) is 0 Å². The highest BCUT2D eigenvalue weighted by Gasteiger charge is 2.18. The molecule has 1 aliphatic rings. The molecule has 1 aromatic carbocycles. The lowest BCUT2D eigenvalue weighted by atomic mass is 9.87. The van der Waals surface area contributed by atoms with Crippen LogP contribution in [0.25, 0.3) is 0 Å². The molecule has 1 N–H and O–H groups in total. The molecule has 0 saturated heterocycles. The lowest BCUT2D eigenvalue weighted by Gasteiger charge is -2.17. The molecule has 1 aliphatic carbocycles. The average Bonchev–Trinajstić information content (AvgIpc) is 2.16. The molecule has 0 unspecified atom stereocenters. The fraction of sp³-hybridized carbons (Fsp3) is 0.333. The number of rotatable bonds is 2. The number of carboxylic acid groups (broad SMARTS) is 1. The Bertz CT molecular complexity index is 421. The van der Waals surface area contributed by atoms with E-state index in [0.717, 1.165) is 16.7 Å². The molecular weight excluding hydrogens is 192 g/mol. The van der Waals surface area contributed by atoms with Crippen LogP contribution in [0.1, 0.15) is 23.1 Å². The Morgan fingerprint density at radius 2 is 2.13 bits per heavy atom. The zero-order valence-corrected chi connectivity index (χ0v) is 8.32. The lowest BCUT2D eigenvalue weighted by Crippen LogP contribution is -2.16. The van der Waals surface area contributed by atoms with Crippen LogP contribution in [-0.2, 0) is 28.9 Å². The summed E-state index contributed by atoms with van der Waals surface area (Å²) in [5.41, 5.74) is 2.93. The minimum absolute atomic E-state index is 0.0529. The molecule has 0 heterocycles. The van der Waals surface area contributed by atoms with Gasteiger partial charge in [0, 0.05) is 12.8 Å². The third-order valence-electron chi connectivity index (χ3n) is 2.75. The van der Waals surface area contributed by atoms with Crippen LogP contribution >= 0.6 is 0 Å². The van der Waals surface area contributed by atoms with Crippen molar-refractivity contribution in [2.75, 3.05) is 0 Å². The van der Waals surface area contributed by atoms with Crippen LogP contribution in [0.15, 0.2) is 18.2 Å². The van der Waals surface area contributed by atoms with Gasteiger partial charge in [-0.2, -0.15) is 0 Å². The van der Waals surface area contributed by atoms with Crippen LogP contribution in [0.3, 0.4) is 0 Å². The first-order valence-electron chi connectivity index (χ1n) is 5.00. The predicted octanol–water partition coefficient (Wildman–Crippen LogP) is 1.37. The van der Waals surface area contributed by atoms with Crippen molar-refractivity contribution in [1.82, 2.24) is 0 Å². The van der Waals surface area contributed by atoms with Gasteiger partial charge in [-0.25, -0.2) is 0 Å². The second-order valence-electron chi connectivity index (χ2n) is 3.84. The third kappa shape index (κ3) is 2.06. The van der Waals surface area contributed by atoms with Crippen molar-refractivity contribution >= 4 is 11.8 Å². The number of carbonyl (C=O) groups excluding carboxylic acids is 1. The number of ketones is 1. The van der Waals surface area contributed by atoms with E-state index in [1.54, 1.807) is 0 Å². The summed E-state index contributed by atoms with van der Waals surface area (Å²) < 4.78 is 0. The second-order valence-corrected chi connectivity index (χ2v) is 3.84. The Morgan fingerprint density at radius 3 is 2.87 bits per heavy atom. The van der Waals surface area contributed by atoms with Gasteiger partial charge in [-0.3, -0.25) is 9.59 Å². The number of hydrogen-bond acceptors (Lipinski definition) is 2. The highest BCUT2D eigenvalue weighted by Crippen LogP contribution is 2.23. The Morgan fingerprint density at radius 1 is 1.33 bits per heavy atom. The molecule has 0 fully saturated rings. The summed E-state index contributed by atoms with van der Waals surface area (Å²) >= 11 is 0. The fourth-order valence-corrected chi connectivity index (χ4v) is 2.07. The van der Waals surface area contributed by atoms with Gasteiger partial charge >= 0.3 is 5.97 Å². The van der Waals surface area contributed by atoms with E-state index >= 15 is 0 Å². The van der Waals surface area contributed by atoms with Gasteiger partial charge < -0.3 is 5.11 Å². The summed E-state index contributed by atoms with van der Waals surface area (Å²) in [6.45, 7) is 0. The number of benzene rings is 1. The topological polar surface area (TPSA) is 54.4 Å². The third-order valence-corrected chi connectivity index (χ3v) is 2.75. The standard InChI is InChI=1S/C12H12O3/c13-10-4-5-11-8(6-10)2-1-3-9(11)7-12(14)15/h1-3H,4-7H2,(H,14,15). The molecule has 0 amide bonds. The summed E-state index contributed by atoms with van der Waals surface area (Å²) in [7, 11) is 0. The van der Waals surface area contributed by atoms with Crippen LogP contribution in [0.2, 0.25) is 0 Å². The maximum Gasteiger partial charge on any atom is 0.307 e. The molecule has 1 aromatic rings. The van der Waals surface area contributed by atoms with Crippen LogP contribution in [0.5, 0.6) is 0 Å². The molecule has 3 heteroatoms. The maximum atomic E-state index is 11.2. The van der Waals surface area contributed by atoms with Crippen LogP contribution in [-0.4, -0.2) is 16.9 Å². The van der Waals surface area contributed by atoms with Crippen molar-refractivity contribution < 1.29 is 14.7 Å². The monoisotopic (exact) mass is 204 g/mol. The molecule has 0 aliphatic heterocycles. The molecule has 0 radical (unpaired) electrons. The first-order valence-corrected chi connectivity index (χ1v) is 5.00. The Hall–Kier alpha value is -1.64. The number of Topliss-reactive ketones (excluding diaryl/α,β-unsaturated/α-hetero) is 1. The molecule has 0 aromatic heterocycles. The molecule has 0 bridgehead atoms. The zero-order valence-electron chi connectivity index (χ0n) is 8.32. The maximum absolute atomic E-state index is 11.2. The fourth-order valence-electron chi connectivity index (χ4n) is 2.07. The van der Waals surface area contributed by atoms with Crippen molar-refractivity contribution in [3.63, 3.8) is 0 Å². The quantitative estimate of drug-likeness (QED) is 0.791. The highest BCUT2D eigenvalue weighted by atomic mass is 16.4. The SMILES string of the molecule is O=C(O)Cc1cccc2c1CCC(=O)C2. The Balaban J connectivity index is 2.37. The summed E-state index contributed by atoms with van der Waals surface area (Å²) in [5.74, 6) is -0.574.